The second-order valence-corrected chi connectivity index (χ2v) is 8.30. The van der Waals surface area contributed by atoms with Crippen LogP contribution in [0.2, 0.25) is 0 Å². The van der Waals surface area contributed by atoms with Crippen molar-refractivity contribution in [2.45, 2.75) is 30.8 Å². The number of nitriles is 1. The van der Waals surface area contributed by atoms with Gasteiger partial charge in [-0.2, -0.15) is 15.0 Å². The third-order valence-corrected chi connectivity index (χ3v) is 6.16. The quantitative estimate of drug-likeness (QED) is 0.421. The summed E-state index contributed by atoms with van der Waals surface area (Å²) in [4.78, 5) is 3.95. The molecule has 1 N–H and O–H groups in total. The van der Waals surface area contributed by atoms with Crippen LogP contribution in [-0.4, -0.2) is 66.4 Å². The third kappa shape index (κ3) is 4.24. The smallest absolute Gasteiger partial charge is 0.341 e. The molecule has 2 fully saturated rings. The van der Waals surface area contributed by atoms with Gasteiger partial charge < -0.3 is 19.5 Å². The van der Waals surface area contributed by atoms with E-state index in [-0.39, 0.29) is 30.3 Å². The molecular weight excluding hydrogens is 450 g/mol. The van der Waals surface area contributed by atoms with Crippen LogP contribution in [0.25, 0.3) is 5.69 Å². The highest BCUT2D eigenvalue weighted by Crippen LogP contribution is 2.36. The van der Waals surface area contributed by atoms with Gasteiger partial charge >= 0.3 is 6.01 Å². The molecule has 2 aliphatic rings. The highest BCUT2D eigenvalue weighted by Gasteiger charge is 2.49. The monoisotopic (exact) mass is 471 g/mol. The number of fused-ring (bicyclic) bond motifs is 1. The molecule has 4 atom stereocenters. The van der Waals surface area contributed by atoms with Crippen molar-refractivity contribution < 1.29 is 14.2 Å². The van der Waals surface area contributed by atoms with Crippen LogP contribution in [0.1, 0.15) is 17.2 Å². The highest BCUT2D eigenvalue weighted by molar-refractivity contribution is 5.37. The lowest BCUT2D eigenvalue weighted by Crippen LogP contribution is -2.40. The average Bonchev–Trinajstić information content (AvgIpc) is 3.69. The van der Waals surface area contributed by atoms with Crippen LogP contribution in [0.15, 0.2) is 61.2 Å². The van der Waals surface area contributed by atoms with Gasteiger partial charge in [-0.05, 0) is 52.4 Å². The molecule has 0 radical (unpaired) electrons. The van der Waals surface area contributed by atoms with Crippen molar-refractivity contribution in [1.82, 2.24) is 40.3 Å². The number of hydrogen-bond donors (Lipinski definition) is 1. The zero-order chi connectivity index (χ0) is 23.6. The molecule has 2 aliphatic heterocycles. The molecular formula is C23H21N9O3. The average molecular weight is 471 g/mol. The fraction of sp³-hybridized carbons (Fsp3) is 0.304. The van der Waals surface area contributed by atoms with Gasteiger partial charge in [-0.3, -0.25) is 0 Å². The van der Waals surface area contributed by atoms with E-state index in [1.807, 2.05) is 42.5 Å². The van der Waals surface area contributed by atoms with Crippen molar-refractivity contribution in [2.24, 2.45) is 0 Å². The van der Waals surface area contributed by atoms with Crippen LogP contribution in [0.3, 0.4) is 0 Å². The summed E-state index contributed by atoms with van der Waals surface area (Å²) in [6.07, 6.45) is 2.75. The van der Waals surface area contributed by atoms with Gasteiger partial charge in [0.1, 0.15) is 36.7 Å². The first kappa shape index (κ1) is 21.4. The van der Waals surface area contributed by atoms with Gasteiger partial charge in [-0.1, -0.05) is 17.2 Å². The number of benzene rings is 2. The third-order valence-electron chi connectivity index (χ3n) is 6.16. The van der Waals surface area contributed by atoms with E-state index in [0.717, 1.165) is 11.3 Å². The van der Waals surface area contributed by atoms with Crippen molar-refractivity contribution in [3.05, 3.63) is 72.3 Å². The lowest BCUT2D eigenvalue weighted by molar-refractivity contribution is 0.0611. The molecule has 4 aromatic rings. The van der Waals surface area contributed by atoms with E-state index in [4.69, 9.17) is 19.5 Å². The first-order valence-corrected chi connectivity index (χ1v) is 11.1. The number of ether oxygens (including phenoxy) is 3. The number of aromatic nitrogens is 7. The molecule has 176 valence electrons. The Hall–Kier alpha value is -4.18. The topological polar surface area (TPSA) is 138 Å². The summed E-state index contributed by atoms with van der Waals surface area (Å²) >= 11 is 0. The first-order chi connectivity index (χ1) is 17.3. The molecule has 2 saturated heterocycles. The van der Waals surface area contributed by atoms with Crippen molar-refractivity contribution >= 4 is 0 Å². The lowest BCUT2D eigenvalue weighted by atomic mass is 10.1. The predicted molar refractivity (Wildman–Crippen MR) is 120 cm³/mol. The fourth-order valence-corrected chi connectivity index (χ4v) is 4.44. The van der Waals surface area contributed by atoms with Crippen LogP contribution in [0, 0.1) is 11.3 Å². The zero-order valence-electron chi connectivity index (χ0n) is 18.5. The zero-order valence-corrected chi connectivity index (χ0v) is 18.5. The molecule has 0 saturated carbocycles. The summed E-state index contributed by atoms with van der Waals surface area (Å²) < 4.78 is 21.4. The molecule has 0 spiro atoms. The summed E-state index contributed by atoms with van der Waals surface area (Å²) in [5, 5.41) is 28.7. The number of hydrogen-bond acceptors (Lipinski definition) is 10. The predicted octanol–water partition coefficient (Wildman–Crippen LogP) is 1.41. The van der Waals surface area contributed by atoms with Gasteiger partial charge in [0.15, 0.2) is 0 Å². The maximum absolute atomic E-state index is 9.11. The van der Waals surface area contributed by atoms with Gasteiger partial charge in [0, 0.05) is 6.54 Å². The van der Waals surface area contributed by atoms with Gasteiger partial charge in [0.25, 0.3) is 0 Å². The van der Waals surface area contributed by atoms with Crippen molar-refractivity contribution in [3.8, 4) is 23.5 Å². The van der Waals surface area contributed by atoms with Gasteiger partial charge in [0.05, 0.1) is 36.6 Å². The van der Waals surface area contributed by atoms with E-state index in [9.17, 15) is 0 Å². The number of nitrogens with one attached hydrogen (secondary N) is 1. The molecule has 12 heteroatoms. The summed E-state index contributed by atoms with van der Waals surface area (Å²) in [5.74, 6) is 0.590. The second kappa shape index (κ2) is 9.22. The minimum Gasteiger partial charge on any atom is -0.423 e. The molecule has 0 unspecified atom stereocenters. The second-order valence-electron chi connectivity index (χ2n) is 8.30. The van der Waals surface area contributed by atoms with Crippen LogP contribution < -0.4 is 10.1 Å². The normalized spacial score (nSPS) is 23.2. The minimum absolute atomic E-state index is 0.0147. The number of tetrazole rings is 1. The Kier molecular flexibility index (Phi) is 5.63. The van der Waals surface area contributed by atoms with Crippen LogP contribution in [-0.2, 0) is 16.0 Å². The van der Waals surface area contributed by atoms with E-state index < -0.39 is 0 Å². The minimum atomic E-state index is -0.215. The van der Waals surface area contributed by atoms with Gasteiger partial charge in [0.2, 0.25) is 0 Å². The summed E-state index contributed by atoms with van der Waals surface area (Å²) in [5.41, 5.74) is 2.54. The van der Waals surface area contributed by atoms with Gasteiger partial charge in [-0.15, -0.1) is 0 Å². The molecule has 4 heterocycles. The molecule has 2 aromatic heterocycles. The summed E-state index contributed by atoms with van der Waals surface area (Å²) in [6, 6.07) is 17.1. The Bertz CT molecular complexity index is 1330. The van der Waals surface area contributed by atoms with Crippen molar-refractivity contribution in [2.75, 3.05) is 13.2 Å². The van der Waals surface area contributed by atoms with Crippen molar-refractivity contribution in [3.63, 3.8) is 0 Å². The van der Waals surface area contributed by atoms with Crippen molar-refractivity contribution in [1.29, 1.82) is 5.26 Å². The lowest BCUT2D eigenvalue weighted by Gasteiger charge is -2.18. The van der Waals surface area contributed by atoms with E-state index in [1.165, 1.54) is 6.33 Å². The van der Waals surface area contributed by atoms with Gasteiger partial charge in [-0.25, -0.2) is 9.67 Å². The van der Waals surface area contributed by atoms with E-state index in [0.29, 0.717) is 31.1 Å². The molecule has 12 nitrogen and oxygen atoms in total. The van der Waals surface area contributed by atoms with E-state index in [1.54, 1.807) is 21.8 Å². The Morgan fingerprint density at radius 3 is 2.83 bits per heavy atom. The number of rotatable bonds is 7. The fourth-order valence-electron chi connectivity index (χ4n) is 4.44. The maximum atomic E-state index is 9.11. The Morgan fingerprint density at radius 1 is 1.11 bits per heavy atom. The summed E-state index contributed by atoms with van der Waals surface area (Å²) in [7, 11) is 0. The van der Waals surface area contributed by atoms with E-state index >= 15 is 0 Å². The Labute approximate surface area is 200 Å². The maximum Gasteiger partial charge on any atom is 0.341 e. The van der Waals surface area contributed by atoms with E-state index in [2.05, 4.69) is 37.0 Å². The first-order valence-electron chi connectivity index (χ1n) is 11.1. The van der Waals surface area contributed by atoms with Crippen LogP contribution in [0.5, 0.6) is 11.8 Å². The molecule has 2 aromatic carbocycles. The van der Waals surface area contributed by atoms with Crippen LogP contribution >= 0.6 is 0 Å². The number of nitrogens with zero attached hydrogens (tertiary/aromatic N) is 8. The SMILES string of the molecule is N#Cc1cccc(CN[C@@H]2CO[C@@H]3[C@@H]2OC[C@@H]3n2nnnc2Oc2ccc(-n3cncn3)cc2)c1. The molecule has 35 heavy (non-hydrogen) atoms. The molecule has 0 bridgehead atoms. The standard InChI is InChI=1S/C23H21N9O3/c24-9-15-2-1-3-16(8-15)10-26-19-11-33-22-20(12-34-21(19)22)32-23(28-29-30-32)35-18-6-4-17(5-7-18)31-14-25-13-27-31/h1-8,13-14,19-22,26H,10-12H2/t19-,20+,21-,22+/m1/s1. The van der Waals surface area contributed by atoms with Crippen LogP contribution in [0.4, 0.5) is 0 Å². The Morgan fingerprint density at radius 2 is 2.00 bits per heavy atom. The molecule has 0 aliphatic carbocycles. The largest absolute Gasteiger partial charge is 0.423 e. The molecule has 0 amide bonds. The summed E-state index contributed by atoms with van der Waals surface area (Å²) in [6.45, 7) is 1.53. The molecule has 6 rings (SSSR count). The highest BCUT2D eigenvalue weighted by atomic mass is 16.6. The Balaban J connectivity index is 1.11.